The van der Waals surface area contributed by atoms with Crippen LogP contribution in [0.2, 0.25) is 0 Å². The normalized spacial score (nSPS) is 23.7. The van der Waals surface area contributed by atoms with Crippen molar-refractivity contribution < 1.29 is 60.5 Å². The number of hydrogen-bond donors (Lipinski definition) is 0. The molecule has 0 aromatic heterocycles. The molecular weight excluding hydrogens is 1310 g/mol. The number of amides is 2. The molecule has 0 N–H and O–H groups in total. The van der Waals surface area contributed by atoms with Gasteiger partial charge in [0.05, 0.1) is 28.1 Å². The maximum atomic E-state index is 13.5. The molecule has 4 aliphatic carbocycles. The summed E-state index contributed by atoms with van der Waals surface area (Å²) in [5, 5.41) is 9.65. The van der Waals surface area contributed by atoms with Crippen molar-refractivity contribution in [3.8, 4) is 17.6 Å². The molecule has 3 aromatic rings. The zero-order valence-corrected chi connectivity index (χ0v) is 51.0. The SMILES string of the molecule is CC(C)=CC1C(C(=O)OCN2C(=O)C3=C(CCCC3)C2=O)C1(C)C.CC1(C)[C@H](C(=O)O[C@H](C#N)c2cccc(Oc3ccccc3)c2)[C@@H]1C(Br)C(Br)(Br)Br.CC1(C)[C@H](C=C(Cl)Cl)[C@H]1C(=O)OCc1c(F)c(F)cc(F)c1F. The molecule has 0 spiro atoms. The maximum Gasteiger partial charge on any atom is 0.311 e. The van der Waals surface area contributed by atoms with E-state index in [0.717, 1.165) is 17.7 Å². The minimum absolute atomic E-state index is 0.0114. The minimum atomic E-state index is -1.59. The van der Waals surface area contributed by atoms with E-state index in [-0.39, 0.29) is 86.3 Å². The Bertz CT molecular complexity index is 2880. The average molecular weight is 1370 g/mol. The summed E-state index contributed by atoms with van der Waals surface area (Å²) in [7, 11) is 0. The average Bonchev–Trinajstić information content (AvgIpc) is 4.28. The van der Waals surface area contributed by atoms with Gasteiger partial charge in [-0.15, -0.1) is 0 Å². The third-order valence-corrected chi connectivity index (χ3v) is 19.6. The highest BCUT2D eigenvalue weighted by Crippen LogP contribution is 2.66. The Morgan fingerprint density at radius 2 is 1.27 bits per heavy atom. The number of halogens is 10. The number of hydrogen-bond acceptors (Lipinski definition) is 10. The highest BCUT2D eigenvalue weighted by molar-refractivity contribution is 9.40. The molecule has 8 atom stereocenters. The molecule has 414 valence electrons. The molecule has 1 heterocycles. The zero-order valence-electron chi connectivity index (χ0n) is 43.1. The number of esters is 3. The van der Waals surface area contributed by atoms with Gasteiger partial charge in [-0.25, -0.2) is 22.5 Å². The number of allylic oxidation sites excluding steroid dienone is 3. The van der Waals surface area contributed by atoms with Crippen LogP contribution in [0.15, 0.2) is 94.0 Å². The van der Waals surface area contributed by atoms with Gasteiger partial charge in [-0.2, -0.15) is 5.26 Å². The molecule has 1 aliphatic heterocycles. The van der Waals surface area contributed by atoms with Crippen LogP contribution >= 0.6 is 86.9 Å². The lowest BCUT2D eigenvalue weighted by atomic mass is 9.93. The van der Waals surface area contributed by atoms with Crippen LogP contribution in [0.5, 0.6) is 11.5 Å². The van der Waals surface area contributed by atoms with Crippen LogP contribution < -0.4 is 4.74 Å². The van der Waals surface area contributed by atoms with E-state index in [1.807, 2.05) is 71.9 Å². The van der Waals surface area contributed by atoms with Crippen LogP contribution in [0.25, 0.3) is 0 Å². The lowest BCUT2D eigenvalue weighted by Crippen LogP contribution is -2.35. The molecule has 5 aliphatic rings. The van der Waals surface area contributed by atoms with Gasteiger partial charge in [-0.05, 0) is 104 Å². The lowest BCUT2D eigenvalue weighted by molar-refractivity contribution is -0.157. The van der Waals surface area contributed by atoms with E-state index in [2.05, 4.69) is 75.9 Å². The molecule has 77 heavy (non-hydrogen) atoms. The molecule has 3 fully saturated rings. The fourth-order valence-corrected chi connectivity index (χ4v) is 12.2. The Kier molecular flexibility index (Phi) is 20.0. The summed E-state index contributed by atoms with van der Waals surface area (Å²) in [6.45, 7) is 14.5. The lowest BCUT2D eigenvalue weighted by Gasteiger charge is -2.21. The highest BCUT2D eigenvalue weighted by atomic mass is 80.0. The molecular formula is C56H56Br4Cl2F4N2O9. The van der Waals surface area contributed by atoms with Crippen LogP contribution in [0.4, 0.5) is 17.6 Å². The first-order valence-corrected chi connectivity index (χ1v) is 28.5. The second kappa shape index (κ2) is 24.8. The molecule has 21 heteroatoms. The summed E-state index contributed by atoms with van der Waals surface area (Å²) in [4.78, 5) is 63.0. The van der Waals surface area contributed by atoms with E-state index in [1.54, 1.807) is 38.1 Å². The van der Waals surface area contributed by atoms with Crippen LogP contribution in [0, 0.1) is 86.4 Å². The Morgan fingerprint density at radius 3 is 1.78 bits per heavy atom. The van der Waals surface area contributed by atoms with E-state index in [9.17, 15) is 46.8 Å². The number of carbonyl (C=O) groups is 5. The third kappa shape index (κ3) is 14.3. The first-order valence-electron chi connectivity index (χ1n) is 24.4. The summed E-state index contributed by atoms with van der Waals surface area (Å²) < 4.78 is 74.2. The molecule has 0 radical (unpaired) electrons. The number of nitrogens with zero attached hydrogens (tertiary/aromatic N) is 2. The second-order valence-corrected chi connectivity index (χ2v) is 30.3. The molecule has 8 rings (SSSR count). The molecule has 2 amide bonds. The number of rotatable bonds is 14. The minimum Gasteiger partial charge on any atom is -0.460 e. The van der Waals surface area contributed by atoms with Crippen molar-refractivity contribution in [2.45, 2.75) is 101 Å². The first kappa shape index (κ1) is 62.1. The number of benzene rings is 3. The summed E-state index contributed by atoms with van der Waals surface area (Å²) in [6.07, 6.45) is 5.74. The highest BCUT2D eigenvalue weighted by Gasteiger charge is 2.68. The Hall–Kier alpha value is -4.06. The summed E-state index contributed by atoms with van der Waals surface area (Å²) >= 11 is 25.3. The smallest absolute Gasteiger partial charge is 0.311 e. The van der Waals surface area contributed by atoms with Gasteiger partial charge in [-0.3, -0.25) is 24.0 Å². The number of carbonyl (C=O) groups excluding carboxylic acids is 5. The molecule has 3 unspecified atom stereocenters. The van der Waals surface area contributed by atoms with Crippen LogP contribution in [-0.2, 0) is 44.8 Å². The van der Waals surface area contributed by atoms with Crippen LogP contribution in [-0.4, -0.2) is 48.3 Å². The predicted octanol–water partition coefficient (Wildman–Crippen LogP) is 15.3. The second-order valence-electron chi connectivity index (χ2n) is 21.4. The third-order valence-electron chi connectivity index (χ3n) is 14.8. The first-order chi connectivity index (χ1) is 35.9. The molecule has 3 saturated carbocycles. The van der Waals surface area contributed by atoms with Crippen molar-refractivity contribution in [2.24, 2.45) is 51.8 Å². The largest absolute Gasteiger partial charge is 0.460 e. The van der Waals surface area contributed by atoms with Gasteiger partial charge in [0.25, 0.3) is 11.8 Å². The van der Waals surface area contributed by atoms with Crippen molar-refractivity contribution in [2.75, 3.05) is 6.73 Å². The van der Waals surface area contributed by atoms with Crippen molar-refractivity contribution in [3.63, 3.8) is 0 Å². The molecule has 0 bridgehead atoms. The summed E-state index contributed by atoms with van der Waals surface area (Å²) in [6, 6.07) is 18.6. The van der Waals surface area contributed by atoms with Gasteiger partial charge in [0.15, 0.2) is 30.0 Å². The van der Waals surface area contributed by atoms with Crippen molar-refractivity contribution in [1.82, 2.24) is 4.90 Å². The summed E-state index contributed by atoms with van der Waals surface area (Å²) in [5.41, 5.74) is 1.13. The maximum absolute atomic E-state index is 13.5. The fourth-order valence-electron chi connectivity index (χ4n) is 10.1. The van der Waals surface area contributed by atoms with Gasteiger partial charge < -0.3 is 18.9 Å². The van der Waals surface area contributed by atoms with Gasteiger partial charge in [0, 0.05) is 22.8 Å². The van der Waals surface area contributed by atoms with Crippen LogP contribution in [0.3, 0.4) is 0 Å². The summed E-state index contributed by atoms with van der Waals surface area (Å²) in [5.74, 6) is -8.31. The number of ether oxygens (including phenoxy) is 4. The van der Waals surface area contributed by atoms with Crippen LogP contribution in [0.1, 0.15) is 98.3 Å². The predicted molar refractivity (Wildman–Crippen MR) is 296 cm³/mol. The molecule has 3 aromatic carbocycles. The van der Waals surface area contributed by atoms with E-state index >= 15 is 0 Å². The number of alkyl halides is 4. The number of imide groups is 1. The van der Waals surface area contributed by atoms with Gasteiger partial charge in [0.1, 0.15) is 30.8 Å². The van der Waals surface area contributed by atoms with E-state index < -0.39 is 61.0 Å². The topological polar surface area (TPSA) is 149 Å². The van der Waals surface area contributed by atoms with Gasteiger partial charge >= 0.3 is 17.9 Å². The van der Waals surface area contributed by atoms with Gasteiger partial charge in [-0.1, -0.05) is 170 Å². The quantitative estimate of drug-likeness (QED) is 0.0290. The molecule has 0 saturated heterocycles. The Balaban J connectivity index is 0.000000189. The fraction of sp³-hybridized carbons (Fsp3) is 0.464. The Labute approximate surface area is 488 Å². The number of nitriles is 1. The van der Waals surface area contributed by atoms with Crippen molar-refractivity contribution in [1.29, 1.82) is 5.26 Å². The Morgan fingerprint density at radius 1 is 0.753 bits per heavy atom. The monoisotopic (exact) mass is 1360 g/mol. The van der Waals surface area contributed by atoms with Crippen molar-refractivity contribution in [3.05, 3.63) is 128 Å². The van der Waals surface area contributed by atoms with E-state index in [4.69, 9.17) is 42.1 Å². The van der Waals surface area contributed by atoms with Crippen molar-refractivity contribution >= 4 is 117 Å². The molecule has 11 nitrogen and oxygen atoms in total. The van der Waals surface area contributed by atoms with E-state index in [0.29, 0.717) is 41.1 Å². The number of para-hydroxylation sites is 1. The van der Waals surface area contributed by atoms with Gasteiger partial charge in [0.2, 0.25) is 6.10 Å². The standard InChI is InChI=1S/C22H19Br4NO3.C19H25NO4.C15H12Cl2F4O2/c1-21(2)17(19(23)22(24,25)26)18(21)20(28)30-16(12-27)13-7-6-10-15(11-13)29-14-8-4-3-5-9-14;1-11(2)9-14-15(19(14,3)4)18(23)24-10-20-16(21)12-7-5-6-8-13(12)17(20)22;1-15(2)7(3-10(16)17)11(15)14(22)23-5-6-12(20)8(18)4-9(19)13(6)21/h3-11,16-19H,1-2H3;9,14-15H,5-8,10H2,1-4H3;3-4,7,11H,5H2,1-2H3/t16-,17-,18+,19?;;7-,11+/m1.1/s1. The van der Waals surface area contributed by atoms with E-state index in [1.165, 1.54) is 11.6 Å². The zero-order chi connectivity index (χ0) is 57.3.